The molecule has 0 unspecified atom stereocenters. The predicted octanol–water partition coefficient (Wildman–Crippen LogP) is 2.28. The zero-order chi connectivity index (χ0) is 18.5. The summed E-state index contributed by atoms with van der Waals surface area (Å²) < 4.78 is 27.9. The van der Waals surface area contributed by atoms with Crippen LogP contribution in [-0.2, 0) is 10.0 Å². The molecule has 0 radical (unpaired) electrons. The lowest BCUT2D eigenvalue weighted by Gasteiger charge is -2.45. The molecular weight excluding hydrogens is 350 g/mol. The number of aromatic amines is 1. The van der Waals surface area contributed by atoms with Gasteiger partial charge in [0.1, 0.15) is 17.8 Å². The summed E-state index contributed by atoms with van der Waals surface area (Å²) in [5.74, 6) is 1.78. The van der Waals surface area contributed by atoms with Crippen molar-refractivity contribution in [3.63, 3.8) is 0 Å². The third-order valence-corrected chi connectivity index (χ3v) is 7.66. The molecule has 2 N–H and O–H groups in total. The van der Waals surface area contributed by atoms with Gasteiger partial charge in [-0.15, -0.1) is 0 Å². The molecule has 26 heavy (non-hydrogen) atoms. The average Bonchev–Trinajstić information content (AvgIpc) is 2.96. The molecule has 2 fully saturated rings. The molecule has 2 aliphatic carbocycles. The maximum Gasteiger partial charge on any atom is 0.212 e. The number of hydrogen-bond acceptors (Lipinski definition) is 5. The van der Waals surface area contributed by atoms with Crippen molar-refractivity contribution in [2.45, 2.75) is 51.6 Å². The molecule has 0 atom stereocenters. The number of fused-ring (bicyclic) bond motifs is 1. The standard InChI is InChI=1S/C18H27N5O2S/c1-12-8-18(2,9-12)10-26(24,25)22-13-6-14(7-13)23(3)17-15-4-5-19-16(15)20-11-21-17/h4-5,11-14,22H,6-10H2,1-3H3,(H,19,20,21)/t12-,13-,14+,18+. The highest BCUT2D eigenvalue weighted by atomic mass is 32.2. The second-order valence-corrected chi connectivity index (χ2v) is 10.3. The van der Waals surface area contributed by atoms with E-state index in [-0.39, 0.29) is 23.3 Å². The SMILES string of the molecule is CN(c1ncnc2[nH]ccc12)[C@H]1C[C@@H](NS(=O)(=O)C[C@]2(C)C[C@H](C)C2)C1. The second-order valence-electron chi connectivity index (χ2n) is 8.57. The lowest BCUT2D eigenvalue weighted by atomic mass is 9.65. The Morgan fingerprint density at radius 2 is 2.08 bits per heavy atom. The molecule has 7 nitrogen and oxygen atoms in total. The number of H-pyrrole nitrogens is 1. The van der Waals surface area contributed by atoms with Crippen LogP contribution in [0.25, 0.3) is 11.0 Å². The van der Waals surface area contributed by atoms with Gasteiger partial charge >= 0.3 is 0 Å². The summed E-state index contributed by atoms with van der Waals surface area (Å²) >= 11 is 0. The fourth-order valence-electron chi connectivity index (χ4n) is 4.81. The fourth-order valence-corrected chi connectivity index (χ4v) is 6.74. The van der Waals surface area contributed by atoms with Crippen LogP contribution in [0, 0.1) is 11.3 Å². The Kier molecular flexibility index (Phi) is 4.23. The molecule has 0 amide bonds. The molecule has 0 spiro atoms. The molecule has 0 saturated heterocycles. The van der Waals surface area contributed by atoms with Gasteiger partial charge in [0.25, 0.3) is 0 Å². The second kappa shape index (κ2) is 6.20. The normalized spacial score (nSPS) is 31.4. The molecule has 4 rings (SSSR count). The van der Waals surface area contributed by atoms with E-state index in [1.165, 1.54) is 0 Å². The first-order chi connectivity index (χ1) is 12.2. The zero-order valence-corrected chi connectivity index (χ0v) is 16.4. The fraction of sp³-hybridized carbons (Fsp3) is 0.667. The minimum atomic E-state index is -3.22. The van der Waals surface area contributed by atoms with Gasteiger partial charge in [-0.05, 0) is 43.1 Å². The van der Waals surface area contributed by atoms with Gasteiger partial charge in [0.15, 0.2) is 0 Å². The van der Waals surface area contributed by atoms with Crippen LogP contribution in [0.4, 0.5) is 5.82 Å². The van der Waals surface area contributed by atoms with Crippen molar-refractivity contribution in [1.29, 1.82) is 0 Å². The van der Waals surface area contributed by atoms with Crippen LogP contribution in [0.2, 0.25) is 0 Å². The number of hydrogen-bond donors (Lipinski definition) is 2. The molecule has 2 aromatic rings. The minimum Gasteiger partial charge on any atom is -0.356 e. The van der Waals surface area contributed by atoms with E-state index >= 15 is 0 Å². The molecular formula is C18H27N5O2S. The molecule has 142 valence electrons. The van der Waals surface area contributed by atoms with E-state index in [1.807, 2.05) is 19.3 Å². The Hall–Kier alpha value is -1.67. The van der Waals surface area contributed by atoms with Crippen molar-refractivity contribution in [3.05, 3.63) is 18.6 Å². The highest BCUT2D eigenvalue weighted by Crippen LogP contribution is 2.45. The van der Waals surface area contributed by atoms with E-state index in [1.54, 1.807) is 6.33 Å². The third-order valence-electron chi connectivity index (χ3n) is 5.90. The number of aromatic nitrogens is 3. The van der Waals surface area contributed by atoms with Crippen molar-refractivity contribution < 1.29 is 8.42 Å². The maximum absolute atomic E-state index is 12.5. The first kappa shape index (κ1) is 17.7. The van der Waals surface area contributed by atoms with Gasteiger partial charge in [-0.25, -0.2) is 23.1 Å². The van der Waals surface area contributed by atoms with Gasteiger partial charge in [0.05, 0.1) is 11.1 Å². The summed E-state index contributed by atoms with van der Waals surface area (Å²) in [6.45, 7) is 4.27. The monoisotopic (exact) mass is 377 g/mol. The number of nitrogens with one attached hydrogen (secondary N) is 2. The third kappa shape index (κ3) is 3.32. The topological polar surface area (TPSA) is 91.0 Å². The van der Waals surface area contributed by atoms with Crippen molar-refractivity contribution in [2.24, 2.45) is 11.3 Å². The number of nitrogens with zero attached hydrogens (tertiary/aromatic N) is 3. The molecule has 8 heteroatoms. The summed E-state index contributed by atoms with van der Waals surface area (Å²) in [5.41, 5.74) is 0.771. The maximum atomic E-state index is 12.5. The summed E-state index contributed by atoms with van der Waals surface area (Å²) in [6.07, 6.45) is 7.03. The first-order valence-electron chi connectivity index (χ1n) is 9.26. The molecule has 0 aromatic carbocycles. The first-order valence-corrected chi connectivity index (χ1v) is 10.9. The van der Waals surface area contributed by atoms with Gasteiger partial charge in [-0.1, -0.05) is 13.8 Å². The number of rotatable bonds is 6. The summed E-state index contributed by atoms with van der Waals surface area (Å²) in [7, 11) is -1.21. The Labute approximate surface area is 154 Å². The highest BCUT2D eigenvalue weighted by molar-refractivity contribution is 7.89. The van der Waals surface area contributed by atoms with Crippen molar-refractivity contribution >= 4 is 26.9 Å². The molecule has 0 bridgehead atoms. The minimum absolute atomic E-state index is 0.0251. The van der Waals surface area contributed by atoms with Crippen LogP contribution in [0.3, 0.4) is 0 Å². The molecule has 0 aliphatic heterocycles. The highest BCUT2D eigenvalue weighted by Gasteiger charge is 2.43. The largest absolute Gasteiger partial charge is 0.356 e. The van der Waals surface area contributed by atoms with Gasteiger partial charge in [-0.2, -0.15) is 0 Å². The quantitative estimate of drug-likeness (QED) is 0.806. The van der Waals surface area contributed by atoms with E-state index < -0.39 is 10.0 Å². The van der Waals surface area contributed by atoms with E-state index in [4.69, 9.17) is 0 Å². The Morgan fingerprint density at radius 3 is 2.77 bits per heavy atom. The number of sulfonamides is 1. The molecule has 2 aromatic heterocycles. The van der Waals surface area contributed by atoms with E-state index in [2.05, 4.69) is 38.4 Å². The van der Waals surface area contributed by atoms with Gasteiger partial charge in [-0.3, -0.25) is 0 Å². The van der Waals surface area contributed by atoms with Crippen LogP contribution in [0.15, 0.2) is 18.6 Å². The zero-order valence-electron chi connectivity index (χ0n) is 15.6. The van der Waals surface area contributed by atoms with Gasteiger partial charge in [0, 0.05) is 25.3 Å². The molecule has 2 saturated carbocycles. The van der Waals surface area contributed by atoms with Gasteiger partial charge in [0.2, 0.25) is 10.0 Å². The Morgan fingerprint density at radius 1 is 1.35 bits per heavy atom. The van der Waals surface area contributed by atoms with Crippen LogP contribution < -0.4 is 9.62 Å². The Bertz CT molecular complexity index is 897. The number of anilines is 1. The molecule has 2 aliphatic rings. The van der Waals surface area contributed by atoms with Crippen molar-refractivity contribution in [2.75, 3.05) is 17.7 Å². The summed E-state index contributed by atoms with van der Waals surface area (Å²) in [5, 5.41) is 0.992. The lowest BCUT2D eigenvalue weighted by molar-refractivity contribution is 0.114. The average molecular weight is 378 g/mol. The smallest absolute Gasteiger partial charge is 0.212 e. The van der Waals surface area contributed by atoms with E-state index in [0.29, 0.717) is 5.92 Å². The van der Waals surface area contributed by atoms with Crippen molar-refractivity contribution in [1.82, 2.24) is 19.7 Å². The lowest BCUT2D eigenvalue weighted by Crippen LogP contribution is -2.54. The van der Waals surface area contributed by atoms with E-state index in [0.717, 1.165) is 42.5 Å². The van der Waals surface area contributed by atoms with Crippen LogP contribution in [-0.4, -0.2) is 48.3 Å². The van der Waals surface area contributed by atoms with Crippen LogP contribution in [0.1, 0.15) is 39.5 Å². The summed E-state index contributed by atoms with van der Waals surface area (Å²) in [4.78, 5) is 13.9. The Balaban J connectivity index is 1.34. The molecule has 2 heterocycles. The van der Waals surface area contributed by atoms with Crippen molar-refractivity contribution in [3.8, 4) is 0 Å². The predicted molar refractivity (Wildman–Crippen MR) is 103 cm³/mol. The van der Waals surface area contributed by atoms with Crippen LogP contribution in [0.5, 0.6) is 0 Å². The summed E-state index contributed by atoms with van der Waals surface area (Å²) in [6, 6.07) is 2.28. The van der Waals surface area contributed by atoms with Gasteiger partial charge < -0.3 is 9.88 Å². The van der Waals surface area contributed by atoms with Crippen LogP contribution >= 0.6 is 0 Å². The van der Waals surface area contributed by atoms with E-state index in [9.17, 15) is 8.42 Å².